The fourth-order valence-electron chi connectivity index (χ4n) is 1.84. The van der Waals surface area contributed by atoms with E-state index in [0.29, 0.717) is 0 Å². The van der Waals surface area contributed by atoms with Crippen molar-refractivity contribution in [3.05, 3.63) is 38.5 Å². The molecular formula is C13H18BrN3OS. The summed E-state index contributed by atoms with van der Waals surface area (Å²) in [7, 11) is 1.71. The molecule has 0 amide bonds. The predicted octanol–water partition coefficient (Wildman–Crippen LogP) is 2.80. The van der Waals surface area contributed by atoms with Gasteiger partial charge in [-0.05, 0) is 34.3 Å². The highest BCUT2D eigenvalue weighted by molar-refractivity contribution is 9.10. The van der Waals surface area contributed by atoms with E-state index in [2.05, 4.69) is 42.2 Å². The predicted molar refractivity (Wildman–Crippen MR) is 81.7 cm³/mol. The average Bonchev–Trinajstić information content (AvgIpc) is 2.95. The molecule has 0 aliphatic heterocycles. The third-order valence-corrected chi connectivity index (χ3v) is 4.83. The molecule has 0 aliphatic rings. The van der Waals surface area contributed by atoms with Gasteiger partial charge in [-0.25, -0.2) is 4.98 Å². The SMILES string of the molecule is COCCNCc1cnc(C)n1Cc1sccc1Br. The molecule has 0 saturated carbocycles. The van der Waals surface area contributed by atoms with Gasteiger partial charge in [0.05, 0.1) is 18.8 Å². The molecule has 0 spiro atoms. The Morgan fingerprint density at radius 3 is 3.05 bits per heavy atom. The summed E-state index contributed by atoms with van der Waals surface area (Å²) in [5, 5.41) is 5.46. The number of hydrogen-bond donors (Lipinski definition) is 1. The van der Waals surface area contributed by atoms with Crippen molar-refractivity contribution >= 4 is 27.3 Å². The molecule has 2 rings (SSSR count). The second-order valence-corrected chi connectivity index (χ2v) is 6.10. The Morgan fingerprint density at radius 1 is 1.53 bits per heavy atom. The van der Waals surface area contributed by atoms with Gasteiger partial charge >= 0.3 is 0 Å². The lowest BCUT2D eigenvalue weighted by Gasteiger charge is -2.10. The van der Waals surface area contributed by atoms with Crippen LogP contribution < -0.4 is 5.32 Å². The van der Waals surface area contributed by atoms with Crippen LogP contribution in [-0.4, -0.2) is 29.8 Å². The van der Waals surface area contributed by atoms with E-state index >= 15 is 0 Å². The van der Waals surface area contributed by atoms with Gasteiger partial charge in [0.2, 0.25) is 0 Å². The molecule has 0 saturated heterocycles. The molecule has 1 N–H and O–H groups in total. The Labute approximate surface area is 125 Å². The van der Waals surface area contributed by atoms with Crippen LogP contribution in [0.1, 0.15) is 16.4 Å². The topological polar surface area (TPSA) is 39.1 Å². The third kappa shape index (κ3) is 3.89. The maximum atomic E-state index is 5.03. The van der Waals surface area contributed by atoms with Crippen molar-refractivity contribution in [1.82, 2.24) is 14.9 Å². The number of aryl methyl sites for hydroxylation is 1. The van der Waals surface area contributed by atoms with Gasteiger partial charge in [-0.2, -0.15) is 0 Å². The van der Waals surface area contributed by atoms with Crippen LogP contribution in [0, 0.1) is 6.92 Å². The number of halogens is 1. The van der Waals surface area contributed by atoms with E-state index in [1.807, 2.05) is 13.1 Å². The number of nitrogens with zero attached hydrogens (tertiary/aromatic N) is 2. The Bertz CT molecular complexity index is 524. The summed E-state index contributed by atoms with van der Waals surface area (Å²) < 4.78 is 8.44. The van der Waals surface area contributed by atoms with E-state index in [1.54, 1.807) is 18.4 Å². The van der Waals surface area contributed by atoms with Gasteiger partial charge in [-0.3, -0.25) is 0 Å². The van der Waals surface area contributed by atoms with Crippen molar-refractivity contribution in [2.24, 2.45) is 0 Å². The molecule has 4 nitrogen and oxygen atoms in total. The number of rotatable bonds is 7. The van der Waals surface area contributed by atoms with Gasteiger partial charge in [0.15, 0.2) is 0 Å². The molecule has 2 aromatic heterocycles. The van der Waals surface area contributed by atoms with Crippen molar-refractivity contribution in [2.45, 2.75) is 20.0 Å². The first-order valence-corrected chi connectivity index (χ1v) is 7.82. The van der Waals surface area contributed by atoms with E-state index < -0.39 is 0 Å². The van der Waals surface area contributed by atoms with Crippen molar-refractivity contribution in [2.75, 3.05) is 20.3 Å². The third-order valence-electron chi connectivity index (χ3n) is 2.92. The number of aromatic nitrogens is 2. The van der Waals surface area contributed by atoms with Crippen molar-refractivity contribution in [1.29, 1.82) is 0 Å². The fourth-order valence-corrected chi connectivity index (χ4v) is 3.31. The number of imidazole rings is 1. The molecule has 0 aromatic carbocycles. The maximum absolute atomic E-state index is 5.03. The van der Waals surface area contributed by atoms with Gasteiger partial charge in [0, 0.05) is 35.7 Å². The zero-order valence-corrected chi connectivity index (χ0v) is 13.6. The van der Waals surface area contributed by atoms with E-state index in [0.717, 1.165) is 32.1 Å². The summed E-state index contributed by atoms with van der Waals surface area (Å²) in [6.45, 7) is 5.30. The quantitative estimate of drug-likeness (QED) is 0.785. The van der Waals surface area contributed by atoms with Crippen LogP contribution in [0.25, 0.3) is 0 Å². The minimum Gasteiger partial charge on any atom is -0.383 e. The first-order chi connectivity index (χ1) is 9.22. The minimum absolute atomic E-state index is 0.726. The Morgan fingerprint density at radius 2 is 2.37 bits per heavy atom. The minimum atomic E-state index is 0.726. The Balaban J connectivity index is 2.03. The molecule has 2 heterocycles. The van der Waals surface area contributed by atoms with Crippen molar-refractivity contribution in [3.8, 4) is 0 Å². The Hall–Kier alpha value is -0.690. The lowest BCUT2D eigenvalue weighted by Crippen LogP contribution is -2.20. The first kappa shape index (κ1) is 14.7. The first-order valence-electron chi connectivity index (χ1n) is 6.15. The molecule has 0 unspecified atom stereocenters. The number of thiophene rings is 1. The molecule has 104 valence electrons. The summed E-state index contributed by atoms with van der Waals surface area (Å²) in [5.41, 5.74) is 1.20. The van der Waals surface area contributed by atoms with Crippen molar-refractivity contribution < 1.29 is 4.74 Å². The highest BCUT2D eigenvalue weighted by Gasteiger charge is 2.09. The van der Waals surface area contributed by atoms with Crippen LogP contribution in [0.5, 0.6) is 0 Å². The highest BCUT2D eigenvalue weighted by Crippen LogP contribution is 2.24. The van der Waals surface area contributed by atoms with Gasteiger partial charge in [-0.1, -0.05) is 0 Å². The lowest BCUT2D eigenvalue weighted by molar-refractivity contribution is 0.199. The smallest absolute Gasteiger partial charge is 0.106 e. The van der Waals surface area contributed by atoms with Crippen LogP contribution in [0.2, 0.25) is 0 Å². The zero-order valence-electron chi connectivity index (χ0n) is 11.1. The molecule has 0 atom stereocenters. The van der Waals surface area contributed by atoms with Crippen LogP contribution in [0.4, 0.5) is 0 Å². The summed E-state index contributed by atoms with van der Waals surface area (Å²) in [6, 6.07) is 2.09. The molecule has 0 bridgehead atoms. The monoisotopic (exact) mass is 343 g/mol. The molecule has 0 radical (unpaired) electrons. The fraction of sp³-hybridized carbons (Fsp3) is 0.462. The highest BCUT2D eigenvalue weighted by atomic mass is 79.9. The van der Waals surface area contributed by atoms with E-state index in [-0.39, 0.29) is 0 Å². The Kier molecular flexibility index (Phi) is 5.57. The number of ether oxygens (including phenoxy) is 1. The molecule has 6 heteroatoms. The van der Waals surface area contributed by atoms with Gasteiger partial charge < -0.3 is 14.6 Å². The lowest BCUT2D eigenvalue weighted by atomic mass is 10.4. The second-order valence-electron chi connectivity index (χ2n) is 4.24. The van der Waals surface area contributed by atoms with Crippen LogP contribution in [-0.2, 0) is 17.8 Å². The normalized spacial score (nSPS) is 11.1. The van der Waals surface area contributed by atoms with Crippen LogP contribution >= 0.6 is 27.3 Å². The molecule has 2 aromatic rings. The second kappa shape index (κ2) is 7.19. The summed E-state index contributed by atoms with van der Waals surface area (Å²) >= 11 is 5.34. The number of hydrogen-bond acceptors (Lipinski definition) is 4. The average molecular weight is 344 g/mol. The van der Waals surface area contributed by atoms with E-state index in [4.69, 9.17) is 4.74 Å². The number of methoxy groups -OCH3 is 1. The van der Waals surface area contributed by atoms with Crippen molar-refractivity contribution in [3.63, 3.8) is 0 Å². The maximum Gasteiger partial charge on any atom is 0.106 e. The standard InChI is InChI=1S/C13H18BrN3OS/c1-10-16-8-11(7-15-4-5-18-2)17(10)9-13-12(14)3-6-19-13/h3,6,8,15H,4-5,7,9H2,1-2H3. The van der Waals surface area contributed by atoms with E-state index in [9.17, 15) is 0 Å². The summed E-state index contributed by atoms with van der Waals surface area (Å²) in [4.78, 5) is 5.73. The molecular weight excluding hydrogens is 326 g/mol. The van der Waals surface area contributed by atoms with E-state index in [1.165, 1.54) is 15.0 Å². The molecule has 0 aliphatic carbocycles. The summed E-state index contributed by atoms with van der Waals surface area (Å²) in [6.07, 6.45) is 1.94. The molecule has 19 heavy (non-hydrogen) atoms. The van der Waals surface area contributed by atoms with Gasteiger partial charge in [0.1, 0.15) is 5.82 Å². The van der Waals surface area contributed by atoms with Gasteiger partial charge in [0.25, 0.3) is 0 Å². The van der Waals surface area contributed by atoms with Crippen LogP contribution in [0.15, 0.2) is 22.1 Å². The van der Waals surface area contributed by atoms with Crippen LogP contribution in [0.3, 0.4) is 0 Å². The van der Waals surface area contributed by atoms with Gasteiger partial charge in [-0.15, -0.1) is 11.3 Å². The summed E-state index contributed by atoms with van der Waals surface area (Å²) in [5.74, 6) is 1.05. The molecule has 0 fully saturated rings. The number of nitrogens with one attached hydrogen (secondary N) is 1. The zero-order chi connectivity index (χ0) is 13.7. The largest absolute Gasteiger partial charge is 0.383 e.